The predicted molar refractivity (Wildman–Crippen MR) is 64.6 cm³/mol. The monoisotopic (exact) mass is 277 g/mol. The maximum Gasteiger partial charge on any atom is 0.335 e. The van der Waals surface area contributed by atoms with Gasteiger partial charge in [0.15, 0.2) is 5.82 Å². The van der Waals surface area contributed by atoms with E-state index in [1.807, 2.05) is 0 Å². The van der Waals surface area contributed by atoms with Crippen LogP contribution < -0.4 is 10.6 Å². The molecule has 9 nitrogen and oxygen atoms in total. The number of carbonyl (C=O) groups is 2. The van der Waals surface area contributed by atoms with Crippen LogP contribution in [0.3, 0.4) is 0 Å². The summed E-state index contributed by atoms with van der Waals surface area (Å²) in [6, 6.07) is 2.32. The van der Waals surface area contributed by atoms with Gasteiger partial charge in [0.05, 0.1) is 24.3 Å². The molecule has 0 radical (unpaired) electrons. The summed E-state index contributed by atoms with van der Waals surface area (Å²) in [7, 11) is 0. The van der Waals surface area contributed by atoms with Crippen molar-refractivity contribution >= 4 is 12.0 Å². The zero-order valence-electron chi connectivity index (χ0n) is 10.2. The first kappa shape index (κ1) is 13.5. The molecule has 2 amide bonds. The molecule has 0 aliphatic rings. The molecule has 2 aromatic rings. The quantitative estimate of drug-likeness (QED) is 0.709. The van der Waals surface area contributed by atoms with Crippen LogP contribution in [0.15, 0.2) is 29.2 Å². The van der Waals surface area contributed by atoms with Gasteiger partial charge in [0.25, 0.3) is 0 Å². The second-order valence-electron chi connectivity index (χ2n) is 3.72. The summed E-state index contributed by atoms with van der Waals surface area (Å²) in [5.41, 5.74) is 0.559. The molecular formula is C11H11N5O4. The van der Waals surface area contributed by atoms with Crippen LogP contribution in [0.2, 0.25) is 0 Å². The topological polar surface area (TPSA) is 130 Å². The van der Waals surface area contributed by atoms with E-state index in [9.17, 15) is 9.59 Å². The molecule has 2 rings (SSSR count). The van der Waals surface area contributed by atoms with Crippen LogP contribution in [0.25, 0.3) is 0 Å². The van der Waals surface area contributed by atoms with Gasteiger partial charge in [-0.3, -0.25) is 4.98 Å². The lowest BCUT2D eigenvalue weighted by atomic mass is 10.2. The number of carbonyl (C=O) groups excluding carboxylic acids is 1. The third-order valence-electron chi connectivity index (χ3n) is 2.31. The molecule has 3 N–H and O–H groups in total. The van der Waals surface area contributed by atoms with Crippen molar-refractivity contribution in [1.82, 2.24) is 25.8 Å². The number of rotatable bonds is 5. The molecular weight excluding hydrogens is 266 g/mol. The summed E-state index contributed by atoms with van der Waals surface area (Å²) in [5, 5.41) is 17.4. The molecule has 104 valence electrons. The maximum atomic E-state index is 11.5. The van der Waals surface area contributed by atoms with Crippen molar-refractivity contribution in [2.75, 3.05) is 0 Å². The van der Waals surface area contributed by atoms with Crippen molar-refractivity contribution in [3.05, 3.63) is 41.8 Å². The zero-order valence-corrected chi connectivity index (χ0v) is 10.2. The van der Waals surface area contributed by atoms with Crippen molar-refractivity contribution in [2.24, 2.45) is 0 Å². The Labute approximate surface area is 113 Å². The van der Waals surface area contributed by atoms with Crippen LogP contribution in [0.1, 0.15) is 21.9 Å². The van der Waals surface area contributed by atoms with Crippen LogP contribution >= 0.6 is 0 Å². The Kier molecular flexibility index (Phi) is 4.22. The van der Waals surface area contributed by atoms with Gasteiger partial charge in [0.1, 0.15) is 0 Å². The molecule has 2 heterocycles. The SMILES string of the molecule is O=C(NCc1cc(C(=O)O)ccn1)NCc1ncon1. The van der Waals surface area contributed by atoms with Crippen LogP contribution in [-0.4, -0.2) is 32.2 Å². The second kappa shape index (κ2) is 6.27. The number of hydrogen-bond acceptors (Lipinski definition) is 6. The minimum absolute atomic E-state index is 0.110. The Bertz CT molecular complexity index is 599. The molecule has 0 saturated heterocycles. The lowest BCUT2D eigenvalue weighted by Crippen LogP contribution is -2.35. The molecule has 0 aromatic carbocycles. The van der Waals surface area contributed by atoms with Gasteiger partial charge >= 0.3 is 12.0 Å². The highest BCUT2D eigenvalue weighted by molar-refractivity contribution is 5.87. The molecule has 9 heteroatoms. The number of urea groups is 1. The summed E-state index contributed by atoms with van der Waals surface area (Å²) >= 11 is 0. The Morgan fingerprint density at radius 1 is 1.25 bits per heavy atom. The number of amides is 2. The number of hydrogen-bond donors (Lipinski definition) is 3. The first-order chi connectivity index (χ1) is 9.65. The number of pyridine rings is 1. The Balaban J connectivity index is 1.81. The molecule has 0 unspecified atom stereocenters. The Hall–Kier alpha value is -2.97. The highest BCUT2D eigenvalue weighted by Gasteiger charge is 2.06. The largest absolute Gasteiger partial charge is 0.478 e. The fourth-order valence-corrected chi connectivity index (χ4v) is 1.37. The smallest absolute Gasteiger partial charge is 0.335 e. The van der Waals surface area contributed by atoms with E-state index in [-0.39, 0.29) is 18.7 Å². The van der Waals surface area contributed by atoms with Gasteiger partial charge in [-0.25, -0.2) is 9.59 Å². The van der Waals surface area contributed by atoms with E-state index < -0.39 is 12.0 Å². The van der Waals surface area contributed by atoms with Crippen molar-refractivity contribution in [3.63, 3.8) is 0 Å². The highest BCUT2D eigenvalue weighted by atomic mass is 16.5. The number of nitrogens with zero attached hydrogens (tertiary/aromatic N) is 3. The van der Waals surface area contributed by atoms with Gasteiger partial charge in [-0.2, -0.15) is 4.98 Å². The van der Waals surface area contributed by atoms with Gasteiger partial charge in [0.2, 0.25) is 6.39 Å². The van der Waals surface area contributed by atoms with E-state index in [0.29, 0.717) is 11.5 Å². The van der Waals surface area contributed by atoms with Crippen LogP contribution in [0.5, 0.6) is 0 Å². The van der Waals surface area contributed by atoms with E-state index in [2.05, 4.69) is 30.3 Å². The van der Waals surface area contributed by atoms with Crippen molar-refractivity contribution < 1.29 is 19.2 Å². The fraction of sp³-hybridized carbons (Fsp3) is 0.182. The van der Waals surface area contributed by atoms with Crippen LogP contribution in [0.4, 0.5) is 4.79 Å². The summed E-state index contributed by atoms with van der Waals surface area (Å²) < 4.78 is 4.51. The number of nitrogens with one attached hydrogen (secondary N) is 2. The van der Waals surface area contributed by atoms with Crippen LogP contribution in [0, 0.1) is 0 Å². The third-order valence-corrected chi connectivity index (χ3v) is 2.31. The first-order valence-corrected chi connectivity index (χ1v) is 5.60. The minimum Gasteiger partial charge on any atom is -0.478 e. The van der Waals surface area contributed by atoms with Gasteiger partial charge in [-0.15, -0.1) is 0 Å². The standard InChI is InChI=1S/C11H11N5O4/c17-10(18)7-1-2-12-8(3-7)4-13-11(19)14-5-9-15-6-20-16-9/h1-3,6H,4-5H2,(H,17,18)(H2,13,14,19). The number of carboxylic acids is 1. The van der Waals surface area contributed by atoms with E-state index >= 15 is 0 Å². The van der Waals surface area contributed by atoms with E-state index in [4.69, 9.17) is 5.11 Å². The lowest BCUT2D eigenvalue weighted by Gasteiger charge is -2.06. The van der Waals surface area contributed by atoms with Gasteiger partial charge < -0.3 is 20.3 Å². The molecule has 0 saturated carbocycles. The molecule has 0 spiro atoms. The number of aromatic carboxylic acids is 1. The second-order valence-corrected chi connectivity index (χ2v) is 3.72. The highest BCUT2D eigenvalue weighted by Crippen LogP contribution is 2.01. The number of aromatic nitrogens is 3. The van der Waals surface area contributed by atoms with Crippen molar-refractivity contribution in [3.8, 4) is 0 Å². The molecule has 0 fully saturated rings. The molecule has 0 bridgehead atoms. The summed E-state index contributed by atoms with van der Waals surface area (Å²) in [6.07, 6.45) is 2.54. The Morgan fingerprint density at radius 3 is 2.75 bits per heavy atom. The molecule has 0 aliphatic heterocycles. The summed E-state index contributed by atoms with van der Waals surface area (Å²) in [6.45, 7) is 0.240. The van der Waals surface area contributed by atoms with Crippen molar-refractivity contribution in [1.29, 1.82) is 0 Å². The summed E-state index contributed by atoms with van der Waals surface area (Å²) in [5.74, 6) is -0.693. The van der Waals surface area contributed by atoms with E-state index in [1.54, 1.807) is 0 Å². The summed E-state index contributed by atoms with van der Waals surface area (Å²) in [4.78, 5) is 30.0. The average molecular weight is 277 g/mol. The fourth-order valence-electron chi connectivity index (χ4n) is 1.37. The molecule has 20 heavy (non-hydrogen) atoms. The van der Waals surface area contributed by atoms with Gasteiger partial charge in [-0.05, 0) is 12.1 Å². The molecule has 0 atom stereocenters. The zero-order chi connectivity index (χ0) is 14.4. The van der Waals surface area contributed by atoms with Crippen molar-refractivity contribution in [2.45, 2.75) is 13.1 Å². The Morgan fingerprint density at radius 2 is 2.05 bits per heavy atom. The maximum absolute atomic E-state index is 11.5. The molecule has 2 aromatic heterocycles. The average Bonchev–Trinajstić information content (AvgIpc) is 2.96. The lowest BCUT2D eigenvalue weighted by molar-refractivity contribution is 0.0696. The van der Waals surface area contributed by atoms with E-state index in [0.717, 1.165) is 6.39 Å². The predicted octanol–water partition coefficient (Wildman–Crippen LogP) is 0.162. The number of carboxylic acid groups (broad SMARTS) is 1. The normalized spacial score (nSPS) is 10.0. The van der Waals surface area contributed by atoms with Gasteiger partial charge in [-0.1, -0.05) is 5.16 Å². The van der Waals surface area contributed by atoms with Crippen LogP contribution in [-0.2, 0) is 13.1 Å². The third kappa shape index (κ3) is 3.77. The van der Waals surface area contributed by atoms with E-state index in [1.165, 1.54) is 18.3 Å². The first-order valence-electron chi connectivity index (χ1n) is 5.60. The minimum atomic E-state index is -1.05. The molecule has 0 aliphatic carbocycles. The van der Waals surface area contributed by atoms with Gasteiger partial charge in [0, 0.05) is 6.20 Å².